The van der Waals surface area contributed by atoms with Crippen LogP contribution in [0, 0.1) is 23.7 Å². The largest absolute Gasteiger partial charge is 0.461 e. The maximum absolute atomic E-state index is 14.3. The number of carbonyl (C=O) groups is 4. The number of anilines is 1. The summed E-state index contributed by atoms with van der Waals surface area (Å²) in [5, 5.41) is 6.71. The third-order valence-electron chi connectivity index (χ3n) is 10.8. The summed E-state index contributed by atoms with van der Waals surface area (Å²) in [5.41, 5.74) is 2.01. The minimum atomic E-state index is -0.696. The van der Waals surface area contributed by atoms with E-state index in [2.05, 4.69) is 15.6 Å². The van der Waals surface area contributed by atoms with Crippen molar-refractivity contribution in [3.63, 3.8) is 0 Å². The highest BCUT2D eigenvalue weighted by molar-refractivity contribution is 6.02. The van der Waals surface area contributed by atoms with Crippen LogP contribution in [-0.4, -0.2) is 71.3 Å². The molecule has 3 fully saturated rings. The van der Waals surface area contributed by atoms with Gasteiger partial charge in [-0.25, -0.2) is 14.0 Å². The molecule has 3 N–H and O–H groups in total. The van der Waals surface area contributed by atoms with Gasteiger partial charge in [-0.2, -0.15) is 0 Å². The van der Waals surface area contributed by atoms with Gasteiger partial charge in [-0.1, -0.05) is 39.0 Å². The van der Waals surface area contributed by atoms with E-state index in [1.807, 2.05) is 30.0 Å². The number of alkyl carbamates (subject to hydrolysis) is 1. The van der Waals surface area contributed by atoms with Crippen LogP contribution in [-0.2, 0) is 25.5 Å². The fourth-order valence-electron chi connectivity index (χ4n) is 8.49. The fourth-order valence-corrected chi connectivity index (χ4v) is 8.49. The Kier molecular flexibility index (Phi) is 11.9. The van der Waals surface area contributed by atoms with Crippen molar-refractivity contribution in [2.45, 2.75) is 123 Å². The predicted molar refractivity (Wildman–Crippen MR) is 187 cm³/mol. The van der Waals surface area contributed by atoms with Gasteiger partial charge in [0.2, 0.25) is 11.8 Å². The molecule has 270 valence electrons. The van der Waals surface area contributed by atoms with Crippen LogP contribution in [0.15, 0.2) is 18.2 Å². The minimum Gasteiger partial charge on any atom is -0.461 e. The topological polar surface area (TPSA) is 130 Å². The number of hydrogen-bond donors (Lipinski definition) is 3. The molecule has 3 aliphatic rings. The molecular formula is C38H55FN4O6. The summed E-state index contributed by atoms with van der Waals surface area (Å²) in [7, 11) is 0. The highest BCUT2D eigenvalue weighted by atomic mass is 19.1. The number of amides is 3. The SMILES string of the molecule is CCOC(=O)c1[nH]c2ccc(NC(=O)[C@@H]3[C@H](C4CCCCC4)CCN3C(=O)[C@H]3CC[C@H]([C@@H](CF)NC(=O)OC(C)(C)C)CC3)cc2c1CC. The highest BCUT2D eigenvalue weighted by Crippen LogP contribution is 2.41. The Morgan fingerprint density at radius 2 is 1.71 bits per heavy atom. The van der Waals surface area contributed by atoms with E-state index in [4.69, 9.17) is 9.47 Å². The average molecular weight is 683 g/mol. The third-order valence-corrected chi connectivity index (χ3v) is 10.8. The zero-order valence-corrected chi connectivity index (χ0v) is 29.9. The maximum Gasteiger partial charge on any atom is 0.407 e. The molecule has 1 saturated heterocycles. The van der Waals surface area contributed by atoms with Gasteiger partial charge in [0, 0.05) is 29.1 Å². The second-order valence-corrected chi connectivity index (χ2v) is 15.1. The second kappa shape index (κ2) is 15.9. The van der Waals surface area contributed by atoms with Crippen LogP contribution < -0.4 is 10.6 Å². The molecule has 1 aromatic heterocycles. The number of hydrogen-bond acceptors (Lipinski definition) is 6. The third kappa shape index (κ3) is 8.58. The molecule has 2 saturated carbocycles. The molecule has 0 bridgehead atoms. The number of H-pyrrole nitrogens is 1. The number of aryl methyl sites for hydroxylation is 1. The van der Waals surface area contributed by atoms with Gasteiger partial charge in [0.25, 0.3) is 0 Å². The number of nitrogens with one attached hydrogen (secondary N) is 3. The zero-order valence-electron chi connectivity index (χ0n) is 29.9. The summed E-state index contributed by atoms with van der Waals surface area (Å²) >= 11 is 0. The Bertz CT molecular complexity index is 1490. The van der Waals surface area contributed by atoms with E-state index in [1.165, 1.54) is 6.42 Å². The molecule has 0 spiro atoms. The lowest BCUT2D eigenvalue weighted by molar-refractivity contribution is -0.142. The molecule has 10 nitrogen and oxygen atoms in total. The first kappa shape index (κ1) is 36.6. The molecule has 2 aromatic rings. The molecular weight excluding hydrogens is 627 g/mol. The van der Waals surface area contributed by atoms with Crippen LogP contribution in [0.4, 0.5) is 14.9 Å². The first-order valence-electron chi connectivity index (χ1n) is 18.4. The number of ether oxygens (including phenoxy) is 2. The molecule has 1 aliphatic heterocycles. The number of nitrogens with zero attached hydrogens (tertiary/aromatic N) is 1. The molecule has 3 amide bonds. The van der Waals surface area contributed by atoms with E-state index in [9.17, 15) is 23.6 Å². The molecule has 3 atom stereocenters. The lowest BCUT2D eigenvalue weighted by atomic mass is 9.76. The van der Waals surface area contributed by atoms with E-state index >= 15 is 0 Å². The van der Waals surface area contributed by atoms with Crippen molar-refractivity contribution in [1.29, 1.82) is 0 Å². The first-order valence-corrected chi connectivity index (χ1v) is 18.4. The molecule has 5 rings (SSSR count). The molecule has 11 heteroatoms. The number of rotatable bonds is 10. The van der Waals surface area contributed by atoms with Gasteiger partial charge in [-0.15, -0.1) is 0 Å². The van der Waals surface area contributed by atoms with Crippen molar-refractivity contribution in [3.05, 3.63) is 29.5 Å². The molecule has 2 aliphatic carbocycles. The minimum absolute atomic E-state index is 0.00208. The second-order valence-electron chi connectivity index (χ2n) is 15.1. The Balaban J connectivity index is 1.30. The van der Waals surface area contributed by atoms with Crippen molar-refractivity contribution in [2.24, 2.45) is 23.7 Å². The molecule has 1 aromatic carbocycles. The van der Waals surface area contributed by atoms with Crippen LogP contribution >= 0.6 is 0 Å². The number of aromatic nitrogens is 1. The lowest BCUT2D eigenvalue weighted by Crippen LogP contribution is -2.50. The molecule has 2 heterocycles. The average Bonchev–Trinajstić information content (AvgIpc) is 3.69. The summed E-state index contributed by atoms with van der Waals surface area (Å²) < 4.78 is 24.7. The Hall–Kier alpha value is -3.63. The van der Waals surface area contributed by atoms with Crippen LogP contribution in [0.3, 0.4) is 0 Å². The number of aromatic amines is 1. The highest BCUT2D eigenvalue weighted by Gasteiger charge is 2.47. The van der Waals surface area contributed by atoms with Gasteiger partial charge in [0.15, 0.2) is 0 Å². The van der Waals surface area contributed by atoms with E-state index in [-0.39, 0.29) is 36.2 Å². The summed E-state index contributed by atoms with van der Waals surface area (Å²) in [6, 6.07) is 4.37. The Morgan fingerprint density at radius 1 is 1.00 bits per heavy atom. The maximum atomic E-state index is 14.3. The standard InChI is InChI=1S/C38H55FN4O6/c1-6-27-29-21-26(17-18-30(29)41-32(27)36(46)48-7-2)40-34(44)33-28(23-11-9-8-10-12-23)19-20-43(33)35(45)25-15-13-24(14-16-25)31(22-39)42-37(47)49-38(3,4)5/h17-18,21,23-25,28,31,33,41H,6-16,19-20,22H2,1-5H3,(H,40,44)(H,42,47)/t24-,25-,28-,31+,33-/m0/s1. The van der Waals surface area contributed by atoms with Crippen molar-refractivity contribution < 1.29 is 33.0 Å². The van der Waals surface area contributed by atoms with Crippen molar-refractivity contribution in [1.82, 2.24) is 15.2 Å². The van der Waals surface area contributed by atoms with Crippen LogP contribution in [0.25, 0.3) is 10.9 Å². The van der Waals surface area contributed by atoms with Crippen molar-refractivity contribution >= 4 is 40.5 Å². The van der Waals surface area contributed by atoms with Gasteiger partial charge >= 0.3 is 12.1 Å². The lowest BCUT2D eigenvalue weighted by Gasteiger charge is -2.37. The van der Waals surface area contributed by atoms with E-state index in [0.29, 0.717) is 55.9 Å². The van der Waals surface area contributed by atoms with E-state index in [0.717, 1.165) is 48.6 Å². The monoisotopic (exact) mass is 682 g/mol. The smallest absolute Gasteiger partial charge is 0.407 e. The normalized spacial score (nSPS) is 24.0. The number of carbonyl (C=O) groups excluding carboxylic acids is 4. The van der Waals surface area contributed by atoms with Gasteiger partial charge in [-0.05, 0) is 108 Å². The van der Waals surface area contributed by atoms with Gasteiger partial charge in [0.05, 0.1) is 12.6 Å². The number of esters is 1. The number of halogens is 1. The number of benzene rings is 1. The number of alkyl halides is 1. The predicted octanol–water partition coefficient (Wildman–Crippen LogP) is 7.31. The van der Waals surface area contributed by atoms with Gasteiger partial charge in [-0.3, -0.25) is 9.59 Å². The quantitative estimate of drug-likeness (QED) is 0.225. The van der Waals surface area contributed by atoms with Crippen LogP contribution in [0.2, 0.25) is 0 Å². The summed E-state index contributed by atoms with van der Waals surface area (Å²) in [4.78, 5) is 58.4. The van der Waals surface area contributed by atoms with Crippen molar-refractivity contribution in [2.75, 3.05) is 25.1 Å². The molecule has 49 heavy (non-hydrogen) atoms. The van der Waals surface area contributed by atoms with E-state index < -0.39 is 36.4 Å². The van der Waals surface area contributed by atoms with E-state index in [1.54, 1.807) is 27.7 Å². The van der Waals surface area contributed by atoms with Gasteiger partial charge in [0.1, 0.15) is 24.0 Å². The van der Waals surface area contributed by atoms with Crippen LogP contribution in [0.5, 0.6) is 0 Å². The number of fused-ring (bicyclic) bond motifs is 1. The fraction of sp³-hybridized carbons (Fsp3) is 0.684. The summed E-state index contributed by atoms with van der Waals surface area (Å²) in [6.07, 6.45) is 8.82. The van der Waals surface area contributed by atoms with Crippen LogP contribution in [0.1, 0.15) is 115 Å². The first-order chi connectivity index (χ1) is 23.4. The molecule has 0 unspecified atom stereocenters. The molecule has 0 radical (unpaired) electrons. The summed E-state index contributed by atoms with van der Waals surface area (Å²) in [6.45, 7) is 9.19. The zero-order chi connectivity index (χ0) is 35.3. The summed E-state index contributed by atoms with van der Waals surface area (Å²) in [5.74, 6) is -0.418. The van der Waals surface area contributed by atoms with Crippen molar-refractivity contribution in [3.8, 4) is 0 Å². The number of likely N-dealkylation sites (tertiary alicyclic amines) is 1. The Labute approximate surface area is 289 Å². The van der Waals surface area contributed by atoms with Gasteiger partial charge < -0.3 is 30.0 Å². The Morgan fingerprint density at radius 3 is 2.35 bits per heavy atom.